The quantitative estimate of drug-likeness (QED) is 0.591. The van der Waals surface area contributed by atoms with Gasteiger partial charge in [0.05, 0.1) is 19.2 Å². The number of ether oxygens (including phenoxy) is 2. The Hall–Kier alpha value is 0.946. The number of rotatable bonds is 3. The van der Waals surface area contributed by atoms with Crippen LogP contribution in [0.5, 0.6) is 11.5 Å². The van der Waals surface area contributed by atoms with Gasteiger partial charge >= 0.3 is 51.4 Å². The molecule has 17 heavy (non-hydrogen) atoms. The van der Waals surface area contributed by atoms with Gasteiger partial charge < -0.3 is 10.9 Å². The number of hydrogen-bond acceptors (Lipinski definition) is 4. The van der Waals surface area contributed by atoms with Crippen molar-refractivity contribution in [1.82, 2.24) is 0 Å². The zero-order valence-corrected chi connectivity index (χ0v) is 14.8. The smallest absolute Gasteiger partial charge is 1.00 e. The van der Waals surface area contributed by atoms with Gasteiger partial charge in [-0.2, -0.15) is 8.42 Å². The van der Waals surface area contributed by atoms with Crippen molar-refractivity contribution in [3.05, 3.63) is 16.1 Å². The summed E-state index contributed by atoms with van der Waals surface area (Å²) in [5, 5.41) is -0.317. The molecule has 0 bridgehead atoms. The summed E-state index contributed by atoms with van der Waals surface area (Å²) in [4.78, 5) is -0.610. The van der Waals surface area contributed by atoms with Crippen LogP contribution in [0.25, 0.3) is 0 Å². The van der Waals surface area contributed by atoms with E-state index in [0.29, 0.717) is 0 Å². The average molecular weight is 327 g/mol. The fourth-order valence-corrected chi connectivity index (χ4v) is 2.72. The summed E-state index contributed by atoms with van der Waals surface area (Å²) >= 11 is 11.5. The Balaban J connectivity index is 0. The normalized spacial score (nSPS) is 10.6. The second-order valence-corrected chi connectivity index (χ2v) is 4.86. The van der Waals surface area contributed by atoms with Crippen LogP contribution in [-0.2, 0) is 10.1 Å². The Bertz CT molecular complexity index is 523. The average Bonchev–Trinajstić information content (AvgIpc) is 2.18. The summed E-state index contributed by atoms with van der Waals surface area (Å²) in [7, 11) is -2.06. The summed E-state index contributed by atoms with van der Waals surface area (Å²) in [5.41, 5.74) is 0. The van der Waals surface area contributed by atoms with Crippen LogP contribution in [0.1, 0.15) is 1.43 Å². The van der Waals surface area contributed by atoms with Crippen LogP contribution < -0.4 is 60.9 Å². The topological polar surface area (TPSA) is 72.8 Å². The van der Waals surface area contributed by atoms with Gasteiger partial charge in [0.25, 0.3) is 10.1 Å². The van der Waals surface area contributed by atoms with E-state index in [-0.39, 0.29) is 74.4 Å². The van der Waals surface area contributed by atoms with E-state index >= 15 is 0 Å². The van der Waals surface area contributed by atoms with Crippen molar-refractivity contribution in [2.24, 2.45) is 0 Å². The van der Waals surface area contributed by atoms with E-state index in [1.807, 2.05) is 0 Å². The molecular formula is C8H9Cl2KO5S. The van der Waals surface area contributed by atoms with Crippen molar-refractivity contribution in [2.75, 3.05) is 14.2 Å². The van der Waals surface area contributed by atoms with Crippen LogP contribution in [0, 0.1) is 0 Å². The minimum atomic E-state index is -4.55. The van der Waals surface area contributed by atoms with E-state index in [1.165, 1.54) is 20.3 Å². The SMILES string of the molecule is COc1cc(Cl)c(OC)c(S(=O)(=O)O)c1Cl.[H-].[K+]. The molecule has 0 spiro atoms. The van der Waals surface area contributed by atoms with E-state index in [2.05, 4.69) is 0 Å². The van der Waals surface area contributed by atoms with E-state index in [0.717, 1.165) is 0 Å². The number of halogens is 2. The van der Waals surface area contributed by atoms with Gasteiger partial charge in [-0.05, 0) is 0 Å². The zero-order valence-electron chi connectivity index (χ0n) is 10.3. The third-order valence-corrected chi connectivity index (χ3v) is 3.45. The Morgan fingerprint density at radius 3 is 2.18 bits per heavy atom. The van der Waals surface area contributed by atoms with E-state index < -0.39 is 15.0 Å². The maximum absolute atomic E-state index is 11.1. The van der Waals surface area contributed by atoms with Gasteiger partial charge in [0.15, 0.2) is 10.6 Å². The van der Waals surface area contributed by atoms with Gasteiger partial charge in [-0.1, -0.05) is 23.2 Å². The molecule has 0 saturated carbocycles. The summed E-state index contributed by atoms with van der Waals surface area (Å²) < 4.78 is 40.9. The first-order valence-electron chi connectivity index (χ1n) is 3.90. The second kappa shape index (κ2) is 6.92. The summed E-state index contributed by atoms with van der Waals surface area (Å²) in [5.74, 6) is -0.199. The molecule has 0 unspecified atom stereocenters. The molecule has 0 saturated heterocycles. The molecule has 1 aromatic rings. The third kappa shape index (κ3) is 3.95. The van der Waals surface area contributed by atoms with E-state index in [1.54, 1.807) is 0 Å². The Morgan fingerprint density at radius 1 is 1.29 bits per heavy atom. The minimum Gasteiger partial charge on any atom is -1.00 e. The molecule has 0 radical (unpaired) electrons. The van der Waals surface area contributed by atoms with Crippen LogP contribution in [0.2, 0.25) is 10.0 Å². The summed E-state index contributed by atoms with van der Waals surface area (Å²) in [6, 6.07) is 1.29. The molecule has 0 atom stereocenters. The fourth-order valence-electron chi connectivity index (χ4n) is 1.13. The van der Waals surface area contributed by atoms with Crippen LogP contribution >= 0.6 is 23.2 Å². The van der Waals surface area contributed by atoms with Gasteiger partial charge in [-0.25, -0.2) is 0 Å². The van der Waals surface area contributed by atoms with Crippen LogP contribution in [0.4, 0.5) is 0 Å². The molecule has 9 heteroatoms. The van der Waals surface area contributed by atoms with Gasteiger partial charge in [0.1, 0.15) is 10.8 Å². The minimum absolute atomic E-state index is 0. The maximum Gasteiger partial charge on any atom is 1.00 e. The molecule has 0 fully saturated rings. The largest absolute Gasteiger partial charge is 1.00 e. The van der Waals surface area contributed by atoms with Crippen LogP contribution in [0.15, 0.2) is 11.0 Å². The third-order valence-electron chi connectivity index (χ3n) is 1.78. The molecule has 1 rings (SSSR count). The first-order chi connectivity index (χ1) is 7.32. The monoisotopic (exact) mass is 326 g/mol. The molecule has 0 aliphatic heterocycles. The molecule has 5 nitrogen and oxygen atoms in total. The van der Waals surface area contributed by atoms with Crippen molar-refractivity contribution >= 4 is 33.3 Å². The number of methoxy groups -OCH3 is 2. The van der Waals surface area contributed by atoms with Gasteiger partial charge in [0, 0.05) is 6.07 Å². The molecule has 0 amide bonds. The van der Waals surface area contributed by atoms with Crippen molar-refractivity contribution in [3.63, 3.8) is 0 Å². The maximum atomic E-state index is 11.1. The van der Waals surface area contributed by atoms with Crippen LogP contribution in [0.3, 0.4) is 0 Å². The molecule has 0 aliphatic carbocycles. The van der Waals surface area contributed by atoms with E-state index in [9.17, 15) is 8.42 Å². The van der Waals surface area contributed by atoms with Crippen molar-refractivity contribution in [2.45, 2.75) is 4.90 Å². The van der Waals surface area contributed by atoms with Gasteiger partial charge in [0.2, 0.25) is 0 Å². The molecule has 0 aromatic heterocycles. The fraction of sp³-hybridized carbons (Fsp3) is 0.250. The zero-order chi connectivity index (χ0) is 12.5. The molecule has 1 aromatic carbocycles. The predicted molar refractivity (Wildman–Crippen MR) is 60.5 cm³/mol. The number of hydrogen-bond donors (Lipinski definition) is 1. The Kier molecular flexibility index (Phi) is 7.31. The van der Waals surface area contributed by atoms with Crippen molar-refractivity contribution < 1.29 is 75.3 Å². The van der Waals surface area contributed by atoms with Gasteiger partial charge in [-0.15, -0.1) is 0 Å². The molecule has 0 heterocycles. The Labute approximate surface area is 153 Å². The molecule has 92 valence electrons. The van der Waals surface area contributed by atoms with Crippen molar-refractivity contribution in [1.29, 1.82) is 0 Å². The first kappa shape index (κ1) is 17.9. The molecular weight excluding hydrogens is 318 g/mol. The first-order valence-corrected chi connectivity index (χ1v) is 6.10. The molecule has 1 N–H and O–H groups in total. The standard InChI is InChI=1S/C8H8Cl2O5S.K.H/c1-14-5-3-4(9)7(15-2)8(6(5)10)16(11,12)13;;/h3H,1-2H3,(H,11,12,13);;/q;+1;-1. The van der Waals surface area contributed by atoms with E-state index in [4.69, 9.17) is 37.2 Å². The van der Waals surface area contributed by atoms with Gasteiger partial charge in [-0.3, -0.25) is 4.55 Å². The predicted octanol–water partition coefficient (Wildman–Crippen LogP) is -0.626. The van der Waals surface area contributed by atoms with Crippen LogP contribution in [-0.4, -0.2) is 27.2 Å². The summed E-state index contributed by atoms with van der Waals surface area (Å²) in [6.45, 7) is 0. The second-order valence-electron chi connectivity index (χ2n) is 2.71. The Morgan fingerprint density at radius 2 is 1.82 bits per heavy atom. The number of benzene rings is 1. The summed E-state index contributed by atoms with van der Waals surface area (Å²) in [6.07, 6.45) is 0. The van der Waals surface area contributed by atoms with Crippen molar-refractivity contribution in [3.8, 4) is 11.5 Å². The molecule has 0 aliphatic rings.